The van der Waals surface area contributed by atoms with Crippen LogP contribution in [-0.4, -0.2) is 9.55 Å². The van der Waals surface area contributed by atoms with Crippen LogP contribution >= 0.6 is 27.5 Å². The average molecular weight is 341 g/mol. The van der Waals surface area contributed by atoms with E-state index in [1.54, 1.807) is 28.8 Å². The molecule has 19 heavy (non-hydrogen) atoms. The Morgan fingerprint density at radius 3 is 2.84 bits per heavy atom. The fraction of sp³-hybridized carbons (Fsp3) is 0. The SMILES string of the molecule is Nc1nc2c(F)cccc2n1-c1cc(Cl)ccc1Br. The smallest absolute Gasteiger partial charge is 0.206 e. The van der Waals surface area contributed by atoms with Crippen LogP contribution < -0.4 is 5.73 Å². The van der Waals surface area contributed by atoms with Gasteiger partial charge in [-0.3, -0.25) is 4.57 Å². The van der Waals surface area contributed by atoms with Gasteiger partial charge in [-0.15, -0.1) is 0 Å². The highest BCUT2D eigenvalue weighted by molar-refractivity contribution is 9.10. The molecule has 6 heteroatoms. The molecule has 0 fully saturated rings. The molecule has 0 aliphatic carbocycles. The van der Waals surface area contributed by atoms with Gasteiger partial charge in [0.05, 0.1) is 11.2 Å². The number of aromatic nitrogens is 2. The van der Waals surface area contributed by atoms with Gasteiger partial charge in [0.1, 0.15) is 5.52 Å². The number of rotatable bonds is 1. The summed E-state index contributed by atoms with van der Waals surface area (Å²) in [4.78, 5) is 4.06. The van der Waals surface area contributed by atoms with E-state index in [1.807, 2.05) is 6.07 Å². The van der Waals surface area contributed by atoms with E-state index in [2.05, 4.69) is 20.9 Å². The summed E-state index contributed by atoms with van der Waals surface area (Å²) in [5.74, 6) is -0.191. The molecule has 0 saturated heterocycles. The van der Waals surface area contributed by atoms with Crippen LogP contribution in [0.15, 0.2) is 40.9 Å². The van der Waals surface area contributed by atoms with Crippen molar-refractivity contribution in [2.45, 2.75) is 0 Å². The zero-order chi connectivity index (χ0) is 13.6. The Kier molecular flexibility index (Phi) is 2.95. The Morgan fingerprint density at radius 1 is 1.26 bits per heavy atom. The first-order valence-electron chi connectivity index (χ1n) is 5.46. The molecule has 96 valence electrons. The molecule has 0 saturated carbocycles. The van der Waals surface area contributed by atoms with Crippen molar-refractivity contribution in [1.82, 2.24) is 9.55 Å². The van der Waals surface area contributed by atoms with E-state index in [4.69, 9.17) is 17.3 Å². The molecule has 0 aliphatic rings. The molecule has 0 spiro atoms. The lowest BCUT2D eigenvalue weighted by Crippen LogP contribution is -2.01. The Labute approximate surface area is 121 Å². The predicted molar refractivity (Wildman–Crippen MR) is 78.2 cm³/mol. The second-order valence-corrected chi connectivity index (χ2v) is 5.30. The van der Waals surface area contributed by atoms with Crippen molar-refractivity contribution in [3.63, 3.8) is 0 Å². The van der Waals surface area contributed by atoms with Crippen molar-refractivity contribution in [3.8, 4) is 5.69 Å². The van der Waals surface area contributed by atoms with Crippen molar-refractivity contribution in [2.75, 3.05) is 5.73 Å². The van der Waals surface area contributed by atoms with Crippen LogP contribution in [0.5, 0.6) is 0 Å². The molecule has 0 atom stereocenters. The van der Waals surface area contributed by atoms with Gasteiger partial charge in [-0.2, -0.15) is 0 Å². The number of halogens is 3. The fourth-order valence-electron chi connectivity index (χ4n) is 1.99. The lowest BCUT2D eigenvalue weighted by atomic mass is 10.2. The normalized spacial score (nSPS) is 11.1. The number of nitrogen functional groups attached to an aromatic ring is 1. The number of imidazole rings is 1. The highest BCUT2D eigenvalue weighted by atomic mass is 79.9. The van der Waals surface area contributed by atoms with Crippen LogP contribution in [0.2, 0.25) is 5.02 Å². The molecular formula is C13H8BrClFN3. The molecule has 0 amide bonds. The van der Waals surface area contributed by atoms with E-state index < -0.39 is 5.82 Å². The van der Waals surface area contributed by atoms with E-state index in [0.29, 0.717) is 10.5 Å². The number of anilines is 1. The second kappa shape index (κ2) is 4.51. The van der Waals surface area contributed by atoms with Gasteiger partial charge < -0.3 is 5.73 Å². The van der Waals surface area contributed by atoms with Crippen molar-refractivity contribution in [3.05, 3.63) is 51.7 Å². The largest absolute Gasteiger partial charge is 0.369 e. The highest BCUT2D eigenvalue weighted by Gasteiger charge is 2.15. The van der Waals surface area contributed by atoms with Crippen LogP contribution in [0.25, 0.3) is 16.7 Å². The fourth-order valence-corrected chi connectivity index (χ4v) is 2.58. The van der Waals surface area contributed by atoms with Gasteiger partial charge in [0.15, 0.2) is 5.82 Å². The van der Waals surface area contributed by atoms with Crippen LogP contribution in [0, 0.1) is 5.82 Å². The Balaban J connectivity index is 2.39. The van der Waals surface area contributed by atoms with Gasteiger partial charge in [-0.25, -0.2) is 9.37 Å². The predicted octanol–water partition coefficient (Wildman–Crippen LogP) is 4.16. The second-order valence-electron chi connectivity index (χ2n) is 4.01. The third-order valence-corrected chi connectivity index (χ3v) is 3.72. The number of para-hydroxylation sites is 1. The third-order valence-electron chi connectivity index (χ3n) is 2.81. The lowest BCUT2D eigenvalue weighted by Gasteiger charge is -2.09. The van der Waals surface area contributed by atoms with E-state index in [9.17, 15) is 4.39 Å². The van der Waals surface area contributed by atoms with Gasteiger partial charge in [-0.05, 0) is 46.3 Å². The molecular weight excluding hydrogens is 333 g/mol. The summed E-state index contributed by atoms with van der Waals surface area (Å²) in [7, 11) is 0. The summed E-state index contributed by atoms with van der Waals surface area (Å²) >= 11 is 9.43. The van der Waals surface area contributed by atoms with Gasteiger partial charge in [0.25, 0.3) is 0 Å². The van der Waals surface area contributed by atoms with Crippen LogP contribution in [0.3, 0.4) is 0 Å². The van der Waals surface area contributed by atoms with Crippen molar-refractivity contribution >= 4 is 44.5 Å². The van der Waals surface area contributed by atoms with E-state index in [1.165, 1.54) is 6.07 Å². The summed E-state index contributed by atoms with van der Waals surface area (Å²) in [6.45, 7) is 0. The quantitative estimate of drug-likeness (QED) is 0.723. The molecule has 0 aliphatic heterocycles. The van der Waals surface area contributed by atoms with Crippen LogP contribution in [-0.2, 0) is 0 Å². The maximum Gasteiger partial charge on any atom is 0.206 e. The molecule has 2 aromatic carbocycles. The molecule has 0 unspecified atom stereocenters. The number of nitrogens with zero attached hydrogens (tertiary/aromatic N) is 2. The van der Waals surface area contributed by atoms with Crippen molar-refractivity contribution in [2.24, 2.45) is 0 Å². The minimum Gasteiger partial charge on any atom is -0.369 e. The van der Waals surface area contributed by atoms with E-state index in [-0.39, 0.29) is 11.5 Å². The summed E-state index contributed by atoms with van der Waals surface area (Å²) in [6, 6.07) is 10.0. The minimum absolute atomic E-state index is 0.211. The summed E-state index contributed by atoms with van der Waals surface area (Å²) in [5, 5.41) is 0.566. The summed E-state index contributed by atoms with van der Waals surface area (Å²) in [6.07, 6.45) is 0. The van der Waals surface area contributed by atoms with Gasteiger partial charge in [-0.1, -0.05) is 17.7 Å². The molecule has 3 aromatic rings. The lowest BCUT2D eigenvalue weighted by molar-refractivity contribution is 0.637. The Bertz CT molecular complexity index is 785. The first-order chi connectivity index (χ1) is 9.08. The molecule has 0 radical (unpaired) electrons. The summed E-state index contributed by atoms with van der Waals surface area (Å²) < 4.78 is 16.2. The van der Waals surface area contributed by atoms with Gasteiger partial charge in [0, 0.05) is 9.50 Å². The zero-order valence-electron chi connectivity index (χ0n) is 9.57. The monoisotopic (exact) mass is 339 g/mol. The molecule has 1 aromatic heterocycles. The first kappa shape index (κ1) is 12.4. The number of hydrogen-bond donors (Lipinski definition) is 1. The molecule has 1 heterocycles. The Hall–Kier alpha value is -1.59. The number of benzene rings is 2. The maximum absolute atomic E-state index is 13.7. The number of hydrogen-bond acceptors (Lipinski definition) is 2. The average Bonchev–Trinajstić information content (AvgIpc) is 2.70. The van der Waals surface area contributed by atoms with Crippen molar-refractivity contribution in [1.29, 1.82) is 0 Å². The van der Waals surface area contributed by atoms with Gasteiger partial charge in [0.2, 0.25) is 5.95 Å². The standard InChI is InChI=1S/C13H8BrClFN3/c14-8-5-4-7(15)6-11(8)19-10-3-1-2-9(16)12(10)18-13(19)17/h1-6H,(H2,17,18). The van der Waals surface area contributed by atoms with Crippen LogP contribution in [0.4, 0.5) is 10.3 Å². The molecule has 2 N–H and O–H groups in total. The number of fused-ring (bicyclic) bond motifs is 1. The Morgan fingerprint density at radius 2 is 2.05 bits per heavy atom. The van der Waals surface area contributed by atoms with Gasteiger partial charge >= 0.3 is 0 Å². The van der Waals surface area contributed by atoms with Crippen LogP contribution in [0.1, 0.15) is 0 Å². The minimum atomic E-state index is -0.402. The summed E-state index contributed by atoms with van der Waals surface area (Å²) in [5.41, 5.74) is 7.46. The highest BCUT2D eigenvalue weighted by Crippen LogP contribution is 2.31. The zero-order valence-corrected chi connectivity index (χ0v) is 11.9. The first-order valence-corrected chi connectivity index (χ1v) is 6.63. The maximum atomic E-state index is 13.7. The topological polar surface area (TPSA) is 43.8 Å². The molecule has 3 rings (SSSR count). The molecule has 0 bridgehead atoms. The molecule has 3 nitrogen and oxygen atoms in total. The van der Waals surface area contributed by atoms with E-state index >= 15 is 0 Å². The van der Waals surface area contributed by atoms with E-state index in [0.717, 1.165) is 10.2 Å². The number of nitrogens with two attached hydrogens (primary N) is 1. The third kappa shape index (κ3) is 1.99. The van der Waals surface area contributed by atoms with Crippen molar-refractivity contribution < 1.29 is 4.39 Å².